The molecule has 1 aromatic carbocycles. The van der Waals surface area contributed by atoms with Gasteiger partial charge in [-0.05, 0) is 50.3 Å². The maximum Gasteiger partial charge on any atom is 0.387 e. The molecule has 0 saturated carbocycles. The smallest absolute Gasteiger partial charge is 0.387 e. The largest absolute Gasteiger partial charge is 0.435 e. The van der Waals surface area contributed by atoms with Crippen molar-refractivity contribution in [2.45, 2.75) is 57.3 Å². The first kappa shape index (κ1) is 18.0. The van der Waals surface area contributed by atoms with E-state index in [0.717, 1.165) is 18.4 Å². The lowest BCUT2D eigenvalue weighted by Crippen LogP contribution is -2.33. The van der Waals surface area contributed by atoms with E-state index in [1.54, 1.807) is 12.1 Å². The van der Waals surface area contributed by atoms with Crippen LogP contribution in [0, 0.1) is 0 Å². The lowest BCUT2D eigenvalue weighted by Gasteiger charge is -2.27. The first-order valence-electron chi connectivity index (χ1n) is 6.97. The van der Waals surface area contributed by atoms with Crippen LogP contribution in [-0.2, 0) is 11.0 Å². The molecule has 21 heavy (non-hydrogen) atoms. The van der Waals surface area contributed by atoms with Crippen LogP contribution in [-0.4, -0.2) is 15.6 Å². The summed E-state index contributed by atoms with van der Waals surface area (Å²) in [6.45, 7) is 2.92. The summed E-state index contributed by atoms with van der Waals surface area (Å²) in [6.07, 6.45) is 2.44. The van der Waals surface area contributed by atoms with Crippen molar-refractivity contribution in [3.8, 4) is 5.75 Å². The van der Waals surface area contributed by atoms with Crippen molar-refractivity contribution in [3.05, 3.63) is 29.8 Å². The summed E-state index contributed by atoms with van der Waals surface area (Å²) < 4.78 is 40.1. The predicted molar refractivity (Wildman–Crippen MR) is 81.7 cm³/mol. The molecule has 0 heterocycles. The van der Waals surface area contributed by atoms with Crippen molar-refractivity contribution < 1.29 is 17.7 Å². The molecule has 2 N–H and O–H groups in total. The molecule has 0 aromatic heterocycles. The summed E-state index contributed by atoms with van der Waals surface area (Å²) >= 11 is 0. The van der Waals surface area contributed by atoms with Gasteiger partial charge in [-0.2, -0.15) is 8.78 Å². The van der Waals surface area contributed by atoms with Crippen LogP contribution < -0.4 is 9.88 Å². The van der Waals surface area contributed by atoms with E-state index in [9.17, 15) is 13.0 Å². The zero-order valence-electron chi connectivity index (χ0n) is 12.6. The molecule has 1 aromatic rings. The van der Waals surface area contributed by atoms with Gasteiger partial charge in [-0.25, -0.2) is 4.21 Å². The molecule has 3 nitrogen and oxygen atoms in total. The molecule has 0 bridgehead atoms. The van der Waals surface area contributed by atoms with Crippen molar-refractivity contribution in [2.75, 3.05) is 0 Å². The van der Waals surface area contributed by atoms with Crippen LogP contribution in [0.15, 0.2) is 24.3 Å². The molecule has 0 aliphatic carbocycles. The van der Waals surface area contributed by atoms with E-state index >= 15 is 0 Å². The molecule has 0 saturated heterocycles. The van der Waals surface area contributed by atoms with Gasteiger partial charge in [0.25, 0.3) is 0 Å². The molecule has 0 radical (unpaired) electrons. The number of alkyl halides is 2. The maximum atomic E-state index is 12.3. The number of hydrogen-bond donors (Lipinski definition) is 1. The Bertz CT molecular complexity index is 480. The van der Waals surface area contributed by atoms with E-state index in [1.807, 2.05) is 19.9 Å². The summed E-state index contributed by atoms with van der Waals surface area (Å²) in [4.78, 5) is 0. The van der Waals surface area contributed by atoms with Crippen molar-refractivity contribution in [1.29, 1.82) is 0 Å². The molecular weight excluding hydrogens is 296 g/mol. The molecule has 0 amide bonds. The van der Waals surface area contributed by atoms with Crippen LogP contribution in [0.2, 0.25) is 0 Å². The first-order valence-corrected chi connectivity index (χ1v) is 8.18. The van der Waals surface area contributed by atoms with Gasteiger partial charge in [0.15, 0.2) is 0 Å². The number of halogens is 2. The van der Waals surface area contributed by atoms with Crippen molar-refractivity contribution in [1.82, 2.24) is 0 Å². The van der Waals surface area contributed by atoms with Crippen molar-refractivity contribution >= 4 is 11.0 Å². The van der Waals surface area contributed by atoms with E-state index in [1.165, 1.54) is 6.07 Å². The van der Waals surface area contributed by atoms with Crippen LogP contribution in [0.25, 0.3) is 0 Å². The van der Waals surface area contributed by atoms with Crippen molar-refractivity contribution in [3.63, 3.8) is 0 Å². The third-order valence-corrected chi connectivity index (χ3v) is 4.73. The number of rotatable bonds is 8. The number of hydrogen-bond acceptors (Lipinski definition) is 2. The fourth-order valence-electron chi connectivity index (χ4n) is 2.36. The van der Waals surface area contributed by atoms with Crippen LogP contribution >= 0.6 is 0 Å². The number of ether oxygens (including phenoxy) is 1. The normalized spacial score (nSPS) is 15.0. The summed E-state index contributed by atoms with van der Waals surface area (Å²) in [6, 6.07) is 6.71. The Morgan fingerprint density at radius 1 is 1.38 bits per heavy atom. The summed E-state index contributed by atoms with van der Waals surface area (Å²) in [5.74, 6) is 0.258. The zero-order valence-corrected chi connectivity index (χ0v) is 13.5. The molecular formula is C15H23F2NO2S. The molecule has 120 valence electrons. The Morgan fingerprint density at radius 3 is 2.57 bits per heavy atom. The van der Waals surface area contributed by atoms with E-state index in [0.29, 0.717) is 6.42 Å². The third kappa shape index (κ3) is 5.71. The zero-order chi connectivity index (χ0) is 16.0. The fraction of sp³-hybridized carbons (Fsp3) is 0.600. The summed E-state index contributed by atoms with van der Waals surface area (Å²) in [5.41, 5.74) is 0.911. The second kappa shape index (κ2) is 7.84. The molecule has 6 heteroatoms. The lowest BCUT2D eigenvalue weighted by atomic mass is 9.86. The van der Waals surface area contributed by atoms with E-state index in [-0.39, 0.29) is 11.7 Å². The van der Waals surface area contributed by atoms with E-state index < -0.39 is 22.3 Å². The Kier molecular flexibility index (Phi) is 6.74. The summed E-state index contributed by atoms with van der Waals surface area (Å²) in [7, 11) is -1.44. The quantitative estimate of drug-likeness (QED) is 0.788. The highest BCUT2D eigenvalue weighted by Gasteiger charge is 2.28. The maximum absolute atomic E-state index is 12.3. The average molecular weight is 319 g/mol. The van der Waals surface area contributed by atoms with Gasteiger partial charge < -0.3 is 4.74 Å². The Morgan fingerprint density at radius 2 is 2.05 bits per heavy atom. The SMILES string of the molecule is CCC[C@@H](CC(C)(C)S(N)=O)c1cccc(OC(F)F)c1. The van der Waals surface area contributed by atoms with Gasteiger partial charge >= 0.3 is 6.61 Å². The predicted octanol–water partition coefficient (Wildman–Crippen LogP) is 3.96. The minimum absolute atomic E-state index is 0.110. The third-order valence-electron chi connectivity index (χ3n) is 3.47. The number of nitrogens with two attached hydrogens (primary N) is 1. The highest BCUT2D eigenvalue weighted by atomic mass is 32.2. The van der Waals surface area contributed by atoms with E-state index in [4.69, 9.17) is 5.14 Å². The van der Waals surface area contributed by atoms with Crippen LogP contribution in [0.3, 0.4) is 0 Å². The molecule has 0 aliphatic heterocycles. The van der Waals surface area contributed by atoms with Gasteiger partial charge in [-0.15, -0.1) is 0 Å². The second-order valence-corrected chi connectivity index (χ2v) is 7.40. The van der Waals surface area contributed by atoms with Crippen LogP contribution in [0.5, 0.6) is 5.75 Å². The van der Waals surface area contributed by atoms with Crippen LogP contribution in [0.1, 0.15) is 51.5 Å². The van der Waals surface area contributed by atoms with Gasteiger partial charge in [0.2, 0.25) is 0 Å². The Labute approximate surface area is 127 Å². The lowest BCUT2D eigenvalue weighted by molar-refractivity contribution is -0.0499. The van der Waals surface area contributed by atoms with Gasteiger partial charge in [0.1, 0.15) is 5.75 Å². The Balaban J connectivity index is 2.97. The van der Waals surface area contributed by atoms with Crippen LogP contribution in [0.4, 0.5) is 8.78 Å². The minimum Gasteiger partial charge on any atom is -0.435 e. The molecule has 1 rings (SSSR count). The molecule has 2 atom stereocenters. The standard InChI is InChI=1S/C15H23F2NO2S/c1-4-6-12(10-15(2,3)21(18)19)11-7-5-8-13(9-11)20-14(16)17/h5,7-9,12,14H,4,6,10,18H2,1-3H3/t12-,21?/m0/s1. The number of benzene rings is 1. The van der Waals surface area contributed by atoms with Gasteiger partial charge in [0.05, 0.1) is 15.7 Å². The highest BCUT2D eigenvalue weighted by molar-refractivity contribution is 7.84. The topological polar surface area (TPSA) is 52.3 Å². The molecule has 0 spiro atoms. The monoisotopic (exact) mass is 319 g/mol. The van der Waals surface area contributed by atoms with E-state index in [2.05, 4.69) is 11.7 Å². The first-order chi connectivity index (χ1) is 9.76. The van der Waals surface area contributed by atoms with Gasteiger partial charge in [0, 0.05) is 0 Å². The molecule has 1 unspecified atom stereocenters. The Hall–Kier alpha value is -1.01. The minimum atomic E-state index is -2.84. The molecule has 0 aliphatic rings. The average Bonchev–Trinajstić information content (AvgIpc) is 2.37. The second-order valence-electron chi connectivity index (χ2n) is 5.70. The van der Waals surface area contributed by atoms with Crippen molar-refractivity contribution in [2.24, 2.45) is 5.14 Å². The van der Waals surface area contributed by atoms with Gasteiger partial charge in [-0.1, -0.05) is 25.5 Å². The molecule has 0 fully saturated rings. The fourth-order valence-corrected chi connectivity index (χ4v) is 2.72. The highest BCUT2D eigenvalue weighted by Crippen LogP contribution is 2.34. The summed E-state index contributed by atoms with van der Waals surface area (Å²) in [5, 5.41) is 5.54. The van der Waals surface area contributed by atoms with Gasteiger partial charge in [-0.3, -0.25) is 5.14 Å².